The lowest BCUT2D eigenvalue weighted by atomic mass is 10.1. The molecular formula is C13H22N4. The van der Waals surface area contributed by atoms with Crippen LogP contribution in [0.4, 0.5) is 0 Å². The number of piperazine rings is 1. The molecule has 0 aromatic heterocycles. The number of hydrogen-bond donors (Lipinski definition) is 1. The van der Waals surface area contributed by atoms with Crippen LogP contribution in [0.3, 0.4) is 0 Å². The Morgan fingerprint density at radius 3 is 2.47 bits per heavy atom. The van der Waals surface area contributed by atoms with Crippen LogP contribution in [0.25, 0.3) is 0 Å². The molecule has 94 valence electrons. The maximum absolute atomic E-state index is 4.40. The lowest BCUT2D eigenvalue weighted by molar-refractivity contribution is 0.0868. The Kier molecular flexibility index (Phi) is 4.34. The molecule has 2 heterocycles. The van der Waals surface area contributed by atoms with E-state index in [4.69, 9.17) is 0 Å². The minimum Gasteiger partial charge on any atom is -0.354 e. The zero-order chi connectivity index (χ0) is 12.1. The highest BCUT2D eigenvalue weighted by molar-refractivity contribution is 5.71. The van der Waals surface area contributed by atoms with Gasteiger partial charge in [-0.2, -0.15) is 0 Å². The minimum absolute atomic E-state index is 0.767. The summed E-state index contributed by atoms with van der Waals surface area (Å²) in [6, 6.07) is 0.767. The molecule has 4 heteroatoms. The molecule has 0 unspecified atom stereocenters. The topological polar surface area (TPSA) is 30.9 Å². The van der Waals surface area contributed by atoms with Crippen LogP contribution < -0.4 is 5.32 Å². The number of aliphatic imine (C=N–C) groups is 1. The maximum atomic E-state index is 4.40. The molecule has 0 saturated carbocycles. The molecule has 0 aliphatic carbocycles. The average Bonchev–Trinajstić information content (AvgIpc) is 2.30. The Morgan fingerprint density at radius 1 is 1.29 bits per heavy atom. The van der Waals surface area contributed by atoms with Crippen molar-refractivity contribution in [2.75, 3.05) is 39.3 Å². The summed E-state index contributed by atoms with van der Waals surface area (Å²) in [5.74, 6) is 1.07. The van der Waals surface area contributed by atoms with Crippen molar-refractivity contribution >= 4 is 6.21 Å². The first-order valence-corrected chi connectivity index (χ1v) is 6.36. The predicted molar refractivity (Wildman–Crippen MR) is 72.2 cm³/mol. The fourth-order valence-electron chi connectivity index (χ4n) is 2.32. The summed E-state index contributed by atoms with van der Waals surface area (Å²) in [4.78, 5) is 9.33. The number of nitrogens with one attached hydrogen (secondary N) is 1. The van der Waals surface area contributed by atoms with Crippen molar-refractivity contribution in [3.63, 3.8) is 0 Å². The van der Waals surface area contributed by atoms with Gasteiger partial charge < -0.3 is 10.2 Å². The highest BCUT2D eigenvalue weighted by Crippen LogP contribution is 2.14. The van der Waals surface area contributed by atoms with Crippen molar-refractivity contribution in [2.45, 2.75) is 13.0 Å². The Bertz CT molecular complexity index is 309. The van der Waals surface area contributed by atoms with Crippen molar-refractivity contribution in [1.82, 2.24) is 15.1 Å². The Morgan fingerprint density at radius 2 is 2.00 bits per heavy atom. The number of hydrogen-bond acceptors (Lipinski definition) is 4. The van der Waals surface area contributed by atoms with Crippen molar-refractivity contribution < 1.29 is 0 Å². The number of rotatable bonds is 4. The van der Waals surface area contributed by atoms with Gasteiger partial charge in [0, 0.05) is 51.5 Å². The van der Waals surface area contributed by atoms with Crippen molar-refractivity contribution in [3.05, 3.63) is 24.6 Å². The lowest BCUT2D eigenvalue weighted by Gasteiger charge is -2.43. The van der Waals surface area contributed by atoms with E-state index in [0.717, 1.165) is 51.1 Å². The van der Waals surface area contributed by atoms with Crippen molar-refractivity contribution in [2.24, 2.45) is 4.99 Å². The number of allylic oxidation sites excluding steroid dienone is 2. The van der Waals surface area contributed by atoms with E-state index >= 15 is 0 Å². The molecule has 4 nitrogen and oxygen atoms in total. The SMILES string of the molecule is C=C/C=N\C(=C/C)N1CCN(C2CNC2)CC1. The van der Waals surface area contributed by atoms with Gasteiger partial charge in [0.05, 0.1) is 0 Å². The predicted octanol–water partition coefficient (Wildman–Crippen LogP) is 0.694. The first kappa shape index (κ1) is 12.3. The first-order valence-electron chi connectivity index (χ1n) is 6.36. The molecule has 2 aliphatic rings. The Labute approximate surface area is 104 Å². The van der Waals surface area contributed by atoms with E-state index in [1.807, 2.05) is 6.92 Å². The normalized spacial score (nSPS) is 24.1. The van der Waals surface area contributed by atoms with Gasteiger partial charge in [0.15, 0.2) is 0 Å². The molecule has 17 heavy (non-hydrogen) atoms. The van der Waals surface area contributed by atoms with E-state index in [1.165, 1.54) is 0 Å². The van der Waals surface area contributed by atoms with Gasteiger partial charge in [-0.05, 0) is 13.0 Å². The molecule has 0 bridgehead atoms. The van der Waals surface area contributed by atoms with E-state index in [9.17, 15) is 0 Å². The van der Waals surface area contributed by atoms with E-state index in [2.05, 4.69) is 32.8 Å². The van der Waals surface area contributed by atoms with Gasteiger partial charge in [-0.3, -0.25) is 4.90 Å². The average molecular weight is 234 g/mol. The molecule has 2 fully saturated rings. The van der Waals surface area contributed by atoms with Gasteiger partial charge in [-0.1, -0.05) is 12.7 Å². The fourth-order valence-corrected chi connectivity index (χ4v) is 2.32. The smallest absolute Gasteiger partial charge is 0.124 e. The number of nitrogens with zero attached hydrogens (tertiary/aromatic N) is 3. The molecule has 1 N–H and O–H groups in total. The van der Waals surface area contributed by atoms with Crippen LogP contribution in [-0.4, -0.2) is 61.3 Å². The zero-order valence-electron chi connectivity index (χ0n) is 10.6. The highest BCUT2D eigenvalue weighted by atomic mass is 15.3. The monoisotopic (exact) mass is 234 g/mol. The molecule has 2 rings (SSSR count). The van der Waals surface area contributed by atoms with Gasteiger partial charge >= 0.3 is 0 Å². The largest absolute Gasteiger partial charge is 0.354 e. The molecule has 0 radical (unpaired) electrons. The first-order chi connectivity index (χ1) is 8.35. The van der Waals surface area contributed by atoms with Crippen LogP contribution in [0, 0.1) is 0 Å². The summed E-state index contributed by atoms with van der Waals surface area (Å²) in [6.07, 6.45) is 5.55. The van der Waals surface area contributed by atoms with Gasteiger partial charge in [0.25, 0.3) is 0 Å². The summed E-state index contributed by atoms with van der Waals surface area (Å²) < 4.78 is 0. The minimum atomic E-state index is 0.767. The van der Waals surface area contributed by atoms with Crippen LogP contribution in [0.2, 0.25) is 0 Å². The summed E-state index contributed by atoms with van der Waals surface area (Å²) in [6.45, 7) is 12.5. The molecule has 0 aromatic carbocycles. The van der Waals surface area contributed by atoms with Crippen LogP contribution in [0.5, 0.6) is 0 Å². The van der Waals surface area contributed by atoms with Gasteiger partial charge in [-0.15, -0.1) is 0 Å². The molecule has 0 amide bonds. The maximum Gasteiger partial charge on any atom is 0.124 e. The fraction of sp³-hybridized carbons (Fsp3) is 0.615. The standard InChI is InChI=1S/C13H22N4/c1-3-5-15-13(4-2)17-8-6-16(7-9-17)12-10-14-11-12/h3-5,12,14H,1,6-11H2,2H3/b13-4+,15-5-. The van der Waals surface area contributed by atoms with Gasteiger partial charge in [0.2, 0.25) is 0 Å². The third kappa shape index (κ3) is 2.96. The lowest BCUT2D eigenvalue weighted by Crippen LogP contribution is -2.61. The van der Waals surface area contributed by atoms with Gasteiger partial charge in [-0.25, -0.2) is 4.99 Å². The summed E-state index contributed by atoms with van der Waals surface area (Å²) >= 11 is 0. The quantitative estimate of drug-likeness (QED) is 0.726. The zero-order valence-corrected chi connectivity index (χ0v) is 10.6. The second-order valence-electron chi connectivity index (χ2n) is 4.50. The summed E-state index contributed by atoms with van der Waals surface area (Å²) in [7, 11) is 0. The van der Waals surface area contributed by atoms with Crippen molar-refractivity contribution in [3.8, 4) is 0 Å². The van der Waals surface area contributed by atoms with Crippen LogP contribution in [0.15, 0.2) is 29.5 Å². The van der Waals surface area contributed by atoms with Crippen LogP contribution in [0.1, 0.15) is 6.92 Å². The third-order valence-electron chi connectivity index (χ3n) is 3.48. The van der Waals surface area contributed by atoms with E-state index in [0.29, 0.717) is 0 Å². The van der Waals surface area contributed by atoms with E-state index in [-0.39, 0.29) is 0 Å². The molecule has 0 aromatic rings. The van der Waals surface area contributed by atoms with Crippen molar-refractivity contribution in [1.29, 1.82) is 0 Å². The third-order valence-corrected chi connectivity index (χ3v) is 3.48. The molecular weight excluding hydrogens is 212 g/mol. The highest BCUT2D eigenvalue weighted by Gasteiger charge is 2.27. The Balaban J connectivity index is 1.84. The van der Waals surface area contributed by atoms with Gasteiger partial charge in [0.1, 0.15) is 5.82 Å². The molecule has 2 saturated heterocycles. The van der Waals surface area contributed by atoms with Crippen LogP contribution >= 0.6 is 0 Å². The second kappa shape index (κ2) is 5.98. The Hall–Kier alpha value is -1.13. The van der Waals surface area contributed by atoms with E-state index in [1.54, 1.807) is 12.3 Å². The molecule has 0 atom stereocenters. The molecule has 2 aliphatic heterocycles. The van der Waals surface area contributed by atoms with Crippen LogP contribution in [-0.2, 0) is 0 Å². The molecule has 0 spiro atoms. The summed E-state index contributed by atoms with van der Waals surface area (Å²) in [5.41, 5.74) is 0. The van der Waals surface area contributed by atoms with E-state index < -0.39 is 0 Å². The summed E-state index contributed by atoms with van der Waals surface area (Å²) in [5, 5.41) is 3.33. The second-order valence-corrected chi connectivity index (χ2v) is 4.50.